The Morgan fingerprint density at radius 3 is 2.08 bits per heavy atom. The summed E-state index contributed by atoms with van der Waals surface area (Å²) in [6.45, 7) is 0. The highest BCUT2D eigenvalue weighted by molar-refractivity contribution is 7.80. The van der Waals surface area contributed by atoms with Gasteiger partial charge < -0.3 is 0 Å². The minimum atomic E-state index is 1.04. The Hall–Kier alpha value is -0.550. The lowest BCUT2D eigenvalue weighted by molar-refractivity contribution is 0.611. The Labute approximate surface area is 163 Å². The van der Waals surface area contributed by atoms with Crippen molar-refractivity contribution >= 4 is 46.6 Å². The molecule has 0 amide bonds. The average molecular weight is 393 g/mol. The zero-order valence-electron chi connectivity index (χ0n) is 13.9. The third kappa shape index (κ3) is 5.22. The smallest absolute Gasteiger partial charge is 0.0449 e. The van der Waals surface area contributed by atoms with Gasteiger partial charge in [-0.15, -0.1) is 34.0 Å². The molecule has 0 spiro atoms. The highest BCUT2D eigenvalue weighted by atomic mass is 32.1. The van der Waals surface area contributed by atoms with E-state index in [9.17, 15) is 0 Å². The second kappa shape index (κ2) is 9.81. The van der Waals surface area contributed by atoms with E-state index in [0.29, 0.717) is 0 Å². The summed E-state index contributed by atoms with van der Waals surface area (Å²) >= 11 is 9.97. The summed E-state index contributed by atoms with van der Waals surface area (Å²) in [5.41, 5.74) is 0. The van der Waals surface area contributed by atoms with Gasteiger partial charge in [0.1, 0.15) is 0 Å². The molecular weight excluding hydrogens is 368 g/mol. The molecule has 3 aromatic rings. The number of rotatable bonds is 10. The maximum absolute atomic E-state index is 4.27. The van der Waals surface area contributed by atoms with Crippen LogP contribution < -0.4 is 0 Å². The van der Waals surface area contributed by atoms with Gasteiger partial charge in [0.2, 0.25) is 0 Å². The van der Waals surface area contributed by atoms with Crippen LogP contribution in [0.15, 0.2) is 41.8 Å². The molecule has 0 radical (unpaired) electrons. The standard InChI is InChI=1S/C20H24S4/c21-14-6-4-2-1-3-5-8-16-10-11-19(23-16)20-13-12-18(24-20)17-9-7-15-22-17/h7,9-13,15,21H,1-6,8,14H2. The van der Waals surface area contributed by atoms with Gasteiger partial charge in [0, 0.05) is 24.4 Å². The highest BCUT2D eigenvalue weighted by Gasteiger charge is 2.08. The molecule has 0 unspecified atom stereocenters. The van der Waals surface area contributed by atoms with Gasteiger partial charge in [0.15, 0.2) is 0 Å². The first-order chi connectivity index (χ1) is 11.9. The molecule has 4 heteroatoms. The van der Waals surface area contributed by atoms with Crippen LogP contribution in [0.25, 0.3) is 19.5 Å². The number of hydrogen-bond donors (Lipinski definition) is 1. The molecule has 0 aliphatic carbocycles. The third-order valence-corrected chi connectivity index (χ3v) is 7.91. The Kier molecular flexibility index (Phi) is 7.46. The molecule has 128 valence electrons. The van der Waals surface area contributed by atoms with Crippen molar-refractivity contribution in [2.24, 2.45) is 0 Å². The summed E-state index contributed by atoms with van der Waals surface area (Å²) in [6.07, 6.45) is 9.29. The van der Waals surface area contributed by atoms with E-state index in [0.717, 1.165) is 5.75 Å². The van der Waals surface area contributed by atoms with Crippen LogP contribution in [0.1, 0.15) is 43.4 Å². The molecule has 0 nitrogen and oxygen atoms in total. The fourth-order valence-electron chi connectivity index (χ4n) is 2.78. The molecule has 0 aliphatic rings. The predicted octanol–water partition coefficient (Wildman–Crippen LogP) is 8.02. The molecule has 24 heavy (non-hydrogen) atoms. The lowest BCUT2D eigenvalue weighted by Gasteiger charge is -2.00. The Balaban J connectivity index is 1.47. The first kappa shape index (κ1) is 18.2. The number of thiophene rings is 3. The lowest BCUT2D eigenvalue weighted by atomic mass is 10.1. The quantitative estimate of drug-likeness (QED) is 0.262. The normalized spacial score (nSPS) is 11.2. The van der Waals surface area contributed by atoms with Crippen molar-refractivity contribution in [3.63, 3.8) is 0 Å². The number of unbranched alkanes of at least 4 members (excludes halogenated alkanes) is 5. The molecule has 0 aromatic carbocycles. The van der Waals surface area contributed by atoms with Gasteiger partial charge in [0.25, 0.3) is 0 Å². The molecule has 0 atom stereocenters. The molecule has 3 heterocycles. The number of hydrogen-bond acceptors (Lipinski definition) is 4. The topological polar surface area (TPSA) is 0 Å². The summed E-state index contributed by atoms with van der Waals surface area (Å²) in [7, 11) is 0. The lowest BCUT2D eigenvalue weighted by Crippen LogP contribution is -1.83. The van der Waals surface area contributed by atoms with Crippen molar-refractivity contribution in [1.29, 1.82) is 0 Å². The fourth-order valence-corrected chi connectivity index (χ4v) is 5.99. The molecule has 0 aliphatic heterocycles. The van der Waals surface area contributed by atoms with Crippen LogP contribution in [0.4, 0.5) is 0 Å². The number of thiol groups is 1. The van der Waals surface area contributed by atoms with Crippen LogP contribution >= 0.6 is 46.6 Å². The van der Waals surface area contributed by atoms with E-state index < -0.39 is 0 Å². The molecule has 0 N–H and O–H groups in total. The first-order valence-electron chi connectivity index (χ1n) is 8.70. The first-order valence-corrected chi connectivity index (χ1v) is 11.8. The van der Waals surface area contributed by atoms with Crippen LogP contribution in [-0.4, -0.2) is 5.75 Å². The molecule has 0 fully saturated rings. The fraction of sp³-hybridized carbons (Fsp3) is 0.400. The molecule has 0 saturated carbocycles. The zero-order valence-corrected chi connectivity index (χ0v) is 17.2. The highest BCUT2D eigenvalue weighted by Crippen LogP contribution is 2.39. The van der Waals surface area contributed by atoms with E-state index in [-0.39, 0.29) is 0 Å². The molecule has 0 bridgehead atoms. The van der Waals surface area contributed by atoms with Gasteiger partial charge in [-0.3, -0.25) is 0 Å². The summed E-state index contributed by atoms with van der Waals surface area (Å²) in [5, 5.41) is 2.15. The summed E-state index contributed by atoms with van der Waals surface area (Å²) in [5.74, 6) is 1.04. The van der Waals surface area contributed by atoms with E-state index in [2.05, 4.69) is 54.4 Å². The van der Waals surface area contributed by atoms with Gasteiger partial charge in [-0.1, -0.05) is 31.7 Å². The Morgan fingerprint density at radius 1 is 0.667 bits per heavy atom. The van der Waals surface area contributed by atoms with Crippen molar-refractivity contribution in [2.45, 2.75) is 44.9 Å². The SMILES string of the molecule is SCCCCCCCCc1ccc(-c2ccc(-c3cccs3)s2)s1. The largest absolute Gasteiger partial charge is 0.179 e. The summed E-state index contributed by atoms with van der Waals surface area (Å²) in [6, 6.07) is 13.5. The summed E-state index contributed by atoms with van der Waals surface area (Å²) < 4.78 is 0. The Bertz CT molecular complexity index is 706. The van der Waals surface area contributed by atoms with E-state index >= 15 is 0 Å². The van der Waals surface area contributed by atoms with E-state index in [1.807, 2.05) is 34.0 Å². The van der Waals surface area contributed by atoms with Crippen LogP contribution in [0, 0.1) is 0 Å². The third-order valence-electron chi connectivity index (χ3n) is 4.11. The van der Waals surface area contributed by atoms with Gasteiger partial charge in [-0.25, -0.2) is 0 Å². The van der Waals surface area contributed by atoms with Gasteiger partial charge in [-0.2, -0.15) is 12.6 Å². The van der Waals surface area contributed by atoms with Gasteiger partial charge in [-0.05, 0) is 60.7 Å². The molecular formula is C20H24S4. The monoisotopic (exact) mass is 392 g/mol. The number of aryl methyl sites for hydroxylation is 1. The van der Waals surface area contributed by atoms with E-state index in [4.69, 9.17) is 0 Å². The summed E-state index contributed by atoms with van der Waals surface area (Å²) in [4.78, 5) is 7.12. The van der Waals surface area contributed by atoms with Crippen molar-refractivity contribution in [1.82, 2.24) is 0 Å². The molecule has 0 saturated heterocycles. The van der Waals surface area contributed by atoms with E-state index in [1.54, 1.807) is 0 Å². The van der Waals surface area contributed by atoms with Crippen molar-refractivity contribution < 1.29 is 0 Å². The van der Waals surface area contributed by atoms with Crippen molar-refractivity contribution in [3.8, 4) is 19.5 Å². The van der Waals surface area contributed by atoms with Crippen molar-refractivity contribution in [3.05, 3.63) is 46.7 Å². The second-order valence-electron chi connectivity index (χ2n) is 6.00. The minimum Gasteiger partial charge on any atom is -0.179 e. The zero-order chi connectivity index (χ0) is 16.6. The minimum absolute atomic E-state index is 1.04. The second-order valence-corrected chi connectivity index (χ2v) is 9.65. The Morgan fingerprint density at radius 2 is 1.33 bits per heavy atom. The van der Waals surface area contributed by atoms with Gasteiger partial charge in [0.05, 0.1) is 0 Å². The van der Waals surface area contributed by atoms with Gasteiger partial charge >= 0.3 is 0 Å². The van der Waals surface area contributed by atoms with Crippen LogP contribution in [0.5, 0.6) is 0 Å². The maximum Gasteiger partial charge on any atom is 0.0449 e. The van der Waals surface area contributed by atoms with E-state index in [1.165, 1.54) is 69.3 Å². The van der Waals surface area contributed by atoms with Crippen molar-refractivity contribution in [2.75, 3.05) is 5.75 Å². The molecule has 3 rings (SSSR count). The molecule has 3 aromatic heterocycles. The average Bonchev–Trinajstić information content (AvgIpc) is 3.33. The van der Waals surface area contributed by atoms with Crippen LogP contribution in [-0.2, 0) is 6.42 Å². The predicted molar refractivity (Wildman–Crippen MR) is 116 cm³/mol. The van der Waals surface area contributed by atoms with Crippen LogP contribution in [0.2, 0.25) is 0 Å². The maximum atomic E-state index is 4.27. The van der Waals surface area contributed by atoms with Crippen LogP contribution in [0.3, 0.4) is 0 Å².